The molecule has 2 rings (SSSR count). The summed E-state index contributed by atoms with van der Waals surface area (Å²) in [5, 5.41) is 6.48. The van der Waals surface area contributed by atoms with E-state index in [1.54, 1.807) is 0 Å². The molecule has 0 aliphatic heterocycles. The average molecular weight is 427 g/mol. The van der Waals surface area contributed by atoms with Gasteiger partial charge in [0.25, 0.3) is 5.91 Å². The summed E-state index contributed by atoms with van der Waals surface area (Å²) in [4.78, 5) is 12.2. The average Bonchev–Trinajstić information content (AvgIpc) is 2.66. The van der Waals surface area contributed by atoms with Crippen molar-refractivity contribution in [1.29, 1.82) is 0 Å². The van der Waals surface area contributed by atoms with Gasteiger partial charge in [-0.1, -0.05) is 44.5 Å². The van der Waals surface area contributed by atoms with Crippen LogP contribution < -0.4 is 20.1 Å². The molecule has 2 aromatic rings. The van der Waals surface area contributed by atoms with E-state index in [0.717, 1.165) is 29.8 Å². The quantitative estimate of drug-likeness (QED) is 0.510. The Hall–Kier alpha value is -2.53. The minimum atomic E-state index is -0.207. The van der Waals surface area contributed by atoms with E-state index < -0.39 is 0 Å². The molecule has 170 valence electrons. The molecule has 2 N–H and O–H groups in total. The van der Waals surface area contributed by atoms with Crippen molar-refractivity contribution in [2.75, 3.05) is 18.5 Å². The van der Waals surface area contributed by atoms with Crippen molar-refractivity contribution in [3.05, 3.63) is 53.6 Å². The maximum atomic E-state index is 12.2. The van der Waals surface area contributed by atoms with Crippen LogP contribution in [-0.4, -0.2) is 24.7 Å². The Morgan fingerprint density at radius 3 is 2.23 bits per heavy atom. The molecule has 0 radical (unpaired) electrons. The zero-order valence-corrected chi connectivity index (χ0v) is 20.1. The summed E-state index contributed by atoms with van der Waals surface area (Å²) in [5.74, 6) is 1.01. The minimum Gasteiger partial charge on any atom is -0.490 e. The van der Waals surface area contributed by atoms with Crippen LogP contribution in [0.15, 0.2) is 42.5 Å². The highest BCUT2D eigenvalue weighted by Crippen LogP contribution is 2.30. The summed E-state index contributed by atoms with van der Waals surface area (Å²) in [6.45, 7) is 16.3. The van der Waals surface area contributed by atoms with E-state index >= 15 is 0 Å². The summed E-state index contributed by atoms with van der Waals surface area (Å²) in [6.07, 6.45) is 1.07. The third kappa shape index (κ3) is 9.01. The van der Waals surface area contributed by atoms with Crippen LogP contribution in [0.4, 0.5) is 5.69 Å². The Bertz CT molecular complexity index is 852. The Kier molecular flexibility index (Phi) is 8.52. The topological polar surface area (TPSA) is 59.6 Å². The highest BCUT2D eigenvalue weighted by Gasteiger charge is 2.24. The van der Waals surface area contributed by atoms with Crippen molar-refractivity contribution < 1.29 is 14.3 Å². The molecule has 0 saturated heterocycles. The van der Waals surface area contributed by atoms with Crippen LogP contribution in [0.3, 0.4) is 0 Å². The first-order valence-electron chi connectivity index (χ1n) is 11.0. The van der Waals surface area contributed by atoms with Gasteiger partial charge in [-0.05, 0) is 69.4 Å². The lowest BCUT2D eigenvalue weighted by molar-refractivity contribution is -0.118. The fourth-order valence-corrected chi connectivity index (χ4v) is 3.76. The number of aryl methyl sites for hydroxylation is 1. The van der Waals surface area contributed by atoms with Crippen LogP contribution >= 0.6 is 0 Å². The fraction of sp³-hybridized carbons (Fsp3) is 0.500. The maximum Gasteiger partial charge on any atom is 0.262 e. The molecule has 31 heavy (non-hydrogen) atoms. The Labute approximate surface area is 187 Å². The molecule has 2 aromatic carbocycles. The predicted octanol–water partition coefficient (Wildman–Crippen LogP) is 5.72. The number of rotatable bonds is 10. The maximum absolute atomic E-state index is 12.2. The van der Waals surface area contributed by atoms with Gasteiger partial charge >= 0.3 is 0 Å². The van der Waals surface area contributed by atoms with Gasteiger partial charge in [0.15, 0.2) is 18.1 Å². The molecule has 5 heteroatoms. The van der Waals surface area contributed by atoms with Gasteiger partial charge in [0.05, 0.1) is 6.61 Å². The number of hydrogen-bond acceptors (Lipinski definition) is 4. The van der Waals surface area contributed by atoms with E-state index in [4.69, 9.17) is 9.47 Å². The summed E-state index contributed by atoms with van der Waals surface area (Å²) in [7, 11) is 0. The molecule has 0 aliphatic carbocycles. The van der Waals surface area contributed by atoms with Gasteiger partial charge in [-0.3, -0.25) is 4.79 Å². The van der Waals surface area contributed by atoms with Gasteiger partial charge in [0.1, 0.15) is 0 Å². The van der Waals surface area contributed by atoms with Gasteiger partial charge < -0.3 is 20.1 Å². The summed E-state index contributed by atoms with van der Waals surface area (Å²) < 4.78 is 11.5. The first-order valence-corrected chi connectivity index (χ1v) is 11.0. The number of carbonyl (C=O) groups is 1. The van der Waals surface area contributed by atoms with E-state index in [-0.39, 0.29) is 23.5 Å². The van der Waals surface area contributed by atoms with E-state index in [1.807, 2.05) is 56.3 Å². The molecule has 0 spiro atoms. The lowest BCUT2D eigenvalue weighted by Crippen LogP contribution is -2.41. The van der Waals surface area contributed by atoms with Gasteiger partial charge in [-0.15, -0.1) is 0 Å². The molecule has 0 atom stereocenters. The second-order valence-corrected chi connectivity index (χ2v) is 9.89. The van der Waals surface area contributed by atoms with Crippen LogP contribution in [0.25, 0.3) is 0 Å². The van der Waals surface area contributed by atoms with Crippen LogP contribution in [0.2, 0.25) is 0 Å². The molecule has 0 aromatic heterocycles. The van der Waals surface area contributed by atoms with Crippen LogP contribution in [0.1, 0.15) is 59.1 Å². The van der Waals surface area contributed by atoms with Crippen LogP contribution in [0, 0.1) is 12.3 Å². The second-order valence-electron chi connectivity index (χ2n) is 9.89. The zero-order valence-electron chi connectivity index (χ0n) is 20.1. The van der Waals surface area contributed by atoms with E-state index in [1.165, 1.54) is 0 Å². The zero-order chi connectivity index (χ0) is 23.1. The number of amides is 1. The number of anilines is 1. The van der Waals surface area contributed by atoms with Crippen molar-refractivity contribution in [3.63, 3.8) is 0 Å². The van der Waals surface area contributed by atoms with E-state index in [0.29, 0.717) is 18.1 Å². The van der Waals surface area contributed by atoms with Gasteiger partial charge in [0.2, 0.25) is 0 Å². The molecular formula is C26H38N2O3. The first kappa shape index (κ1) is 24.7. The predicted molar refractivity (Wildman–Crippen MR) is 128 cm³/mol. The van der Waals surface area contributed by atoms with E-state index in [9.17, 15) is 4.79 Å². The smallest absolute Gasteiger partial charge is 0.262 e. The highest BCUT2D eigenvalue weighted by molar-refractivity contribution is 5.91. The number of ether oxygens (including phenoxy) is 2. The van der Waals surface area contributed by atoms with Gasteiger partial charge in [-0.25, -0.2) is 0 Å². The Morgan fingerprint density at radius 2 is 1.61 bits per heavy atom. The number of hydrogen-bond donors (Lipinski definition) is 2. The summed E-state index contributed by atoms with van der Waals surface area (Å²) in [5.41, 5.74) is 3.29. The molecule has 0 heterocycles. The van der Waals surface area contributed by atoms with Crippen molar-refractivity contribution in [2.45, 2.75) is 67.0 Å². The molecule has 0 fully saturated rings. The molecule has 1 amide bonds. The standard InChI is InChI=1S/C26H38N2O3/c1-8-30-23-15-20(16-27-26(6,7)18-25(3,4)5)11-14-22(23)31-17-24(29)28-21-12-9-19(2)10-13-21/h9-15,27H,8,16-18H2,1-7H3,(H,28,29). The van der Waals surface area contributed by atoms with Crippen molar-refractivity contribution in [1.82, 2.24) is 5.32 Å². The molecule has 0 bridgehead atoms. The fourth-order valence-electron chi connectivity index (χ4n) is 3.76. The third-order valence-electron chi connectivity index (χ3n) is 4.75. The third-order valence-corrected chi connectivity index (χ3v) is 4.75. The Morgan fingerprint density at radius 1 is 0.935 bits per heavy atom. The highest BCUT2D eigenvalue weighted by atomic mass is 16.5. The molecule has 0 aliphatic rings. The number of nitrogens with one attached hydrogen (secondary N) is 2. The van der Waals surface area contributed by atoms with Crippen LogP contribution in [-0.2, 0) is 11.3 Å². The van der Waals surface area contributed by atoms with Gasteiger partial charge in [0, 0.05) is 17.8 Å². The summed E-state index contributed by atoms with van der Waals surface area (Å²) in [6, 6.07) is 13.5. The first-order chi connectivity index (χ1) is 14.5. The minimum absolute atomic E-state index is 0.0211. The molecular weight excluding hydrogens is 388 g/mol. The normalized spacial score (nSPS) is 11.8. The number of carbonyl (C=O) groups excluding carboxylic acids is 1. The second kappa shape index (κ2) is 10.7. The van der Waals surface area contributed by atoms with Gasteiger partial charge in [-0.2, -0.15) is 0 Å². The largest absolute Gasteiger partial charge is 0.490 e. The lowest BCUT2D eigenvalue weighted by atomic mass is 9.82. The van der Waals surface area contributed by atoms with Crippen molar-refractivity contribution in [2.24, 2.45) is 5.41 Å². The number of benzene rings is 2. The SMILES string of the molecule is CCOc1cc(CNC(C)(C)CC(C)(C)C)ccc1OCC(=O)Nc1ccc(C)cc1. The molecule has 0 unspecified atom stereocenters. The summed E-state index contributed by atoms with van der Waals surface area (Å²) >= 11 is 0. The monoisotopic (exact) mass is 426 g/mol. The molecule has 5 nitrogen and oxygen atoms in total. The van der Waals surface area contributed by atoms with Crippen molar-refractivity contribution in [3.8, 4) is 11.5 Å². The lowest BCUT2D eigenvalue weighted by Gasteiger charge is -2.33. The van der Waals surface area contributed by atoms with Crippen LogP contribution in [0.5, 0.6) is 11.5 Å². The van der Waals surface area contributed by atoms with E-state index in [2.05, 4.69) is 45.3 Å². The van der Waals surface area contributed by atoms with Crippen molar-refractivity contribution >= 4 is 11.6 Å². The molecule has 0 saturated carbocycles. The Balaban J connectivity index is 1.97.